The second kappa shape index (κ2) is 7.13. The molecule has 2 N–H and O–H groups in total. The number of aromatic nitrogens is 3. The van der Waals surface area contributed by atoms with Crippen molar-refractivity contribution in [2.24, 2.45) is 0 Å². The van der Waals surface area contributed by atoms with Gasteiger partial charge in [0.15, 0.2) is 0 Å². The summed E-state index contributed by atoms with van der Waals surface area (Å²) in [6, 6.07) is 6.41. The molecular weight excluding hydrogens is 420 g/mol. The molecule has 3 aromatic rings. The number of hydrogen-bond acceptors (Lipinski definition) is 5. The van der Waals surface area contributed by atoms with E-state index in [4.69, 9.17) is 4.74 Å². The highest BCUT2D eigenvalue weighted by Crippen LogP contribution is 2.38. The Morgan fingerprint density at radius 2 is 2.18 bits per heavy atom. The number of aliphatic hydroxyl groups is 1. The van der Waals surface area contributed by atoms with E-state index in [1.54, 1.807) is 6.33 Å². The molecule has 0 saturated heterocycles. The summed E-state index contributed by atoms with van der Waals surface area (Å²) in [5, 5.41) is 15.2. The van der Waals surface area contributed by atoms with Crippen molar-refractivity contribution in [2.75, 3.05) is 6.54 Å². The van der Waals surface area contributed by atoms with E-state index in [0.717, 1.165) is 52.9 Å². The largest absolute Gasteiger partial charge is 0.487 e. The lowest BCUT2D eigenvalue weighted by atomic mass is 10.00. The molecule has 0 spiro atoms. The summed E-state index contributed by atoms with van der Waals surface area (Å²) in [4.78, 5) is 8.74. The Hall–Kier alpha value is -1.96. The van der Waals surface area contributed by atoms with Crippen molar-refractivity contribution in [1.29, 1.82) is 0 Å². The van der Waals surface area contributed by atoms with E-state index in [0.29, 0.717) is 6.42 Å². The topological polar surface area (TPSA) is 72.2 Å². The minimum atomic E-state index is -0.503. The Bertz CT molecular complexity index is 1030. The predicted molar refractivity (Wildman–Crippen MR) is 111 cm³/mol. The van der Waals surface area contributed by atoms with Crippen LogP contribution in [0.2, 0.25) is 0 Å². The first-order valence-corrected chi connectivity index (χ1v) is 10.5. The molecule has 0 radical (unpaired) electrons. The van der Waals surface area contributed by atoms with Crippen LogP contribution in [-0.4, -0.2) is 38.4 Å². The second-order valence-corrected chi connectivity index (χ2v) is 8.65. The molecule has 1 aromatic carbocycles. The number of ether oxygens (including phenoxy) is 1. The molecule has 1 aliphatic heterocycles. The van der Waals surface area contributed by atoms with Gasteiger partial charge in [-0.2, -0.15) is 0 Å². The third-order valence-corrected chi connectivity index (χ3v) is 6.42. The van der Waals surface area contributed by atoms with E-state index in [1.165, 1.54) is 11.1 Å². The van der Waals surface area contributed by atoms with Crippen molar-refractivity contribution in [2.45, 2.75) is 51.0 Å². The van der Waals surface area contributed by atoms with Crippen molar-refractivity contribution in [3.05, 3.63) is 52.0 Å². The molecule has 5 rings (SSSR count). The van der Waals surface area contributed by atoms with Crippen LogP contribution in [0.1, 0.15) is 35.7 Å². The Balaban J connectivity index is 1.41. The fourth-order valence-corrected chi connectivity index (χ4v) is 4.98. The van der Waals surface area contributed by atoms with E-state index in [-0.39, 0.29) is 12.1 Å². The number of hydrogen-bond donors (Lipinski definition) is 2. The molecule has 7 heteroatoms. The monoisotopic (exact) mass is 442 g/mol. The third-order valence-electron chi connectivity index (χ3n) is 5.97. The van der Waals surface area contributed by atoms with Crippen LogP contribution in [0.3, 0.4) is 0 Å². The second-order valence-electron chi connectivity index (χ2n) is 7.74. The molecule has 1 fully saturated rings. The number of halogens is 1. The molecule has 0 amide bonds. The van der Waals surface area contributed by atoms with Crippen molar-refractivity contribution in [3.8, 4) is 5.75 Å². The number of fused-ring (bicyclic) bond motifs is 2. The Labute approximate surface area is 172 Å². The molecule has 2 unspecified atom stereocenters. The summed E-state index contributed by atoms with van der Waals surface area (Å²) in [6.07, 6.45) is 5.33. The average Bonchev–Trinajstić information content (AvgIpc) is 3.26. The first kappa shape index (κ1) is 18.1. The van der Waals surface area contributed by atoms with Crippen LogP contribution < -0.4 is 10.1 Å². The quantitative estimate of drug-likeness (QED) is 0.650. The maximum absolute atomic E-state index is 10.7. The average molecular weight is 443 g/mol. The fraction of sp³-hybridized carbons (Fsp3) is 0.429. The standard InChI is InChI=1S/C21H23BrN4O2/c1-12-16-3-5-26(21(16)25-11-24-12)15-8-18(27)20(9-15)28-19-7-14(22)6-13-2-4-23-10-17(13)19/h3,5-7,11,15,18,20,23,27H,2,4,8-10H2,1H3/t15?,18-,20?/m0/s1. The van der Waals surface area contributed by atoms with E-state index < -0.39 is 6.10 Å². The normalized spacial score (nSPS) is 24.5. The first-order valence-electron chi connectivity index (χ1n) is 9.75. The van der Waals surface area contributed by atoms with Gasteiger partial charge < -0.3 is 19.7 Å². The van der Waals surface area contributed by atoms with Gasteiger partial charge >= 0.3 is 0 Å². The first-order chi connectivity index (χ1) is 13.6. The lowest BCUT2D eigenvalue weighted by Gasteiger charge is -2.24. The summed E-state index contributed by atoms with van der Waals surface area (Å²) in [7, 11) is 0. The maximum atomic E-state index is 10.7. The summed E-state index contributed by atoms with van der Waals surface area (Å²) < 4.78 is 9.55. The van der Waals surface area contributed by atoms with Crippen molar-refractivity contribution < 1.29 is 9.84 Å². The lowest BCUT2D eigenvalue weighted by molar-refractivity contribution is 0.0595. The van der Waals surface area contributed by atoms with Gasteiger partial charge in [0.25, 0.3) is 0 Å². The van der Waals surface area contributed by atoms with Gasteiger partial charge in [0.1, 0.15) is 23.8 Å². The highest BCUT2D eigenvalue weighted by molar-refractivity contribution is 9.10. The molecular formula is C21H23BrN4O2. The Morgan fingerprint density at radius 1 is 1.29 bits per heavy atom. The number of aliphatic hydroxyl groups excluding tert-OH is 1. The molecule has 146 valence electrons. The van der Waals surface area contributed by atoms with Gasteiger partial charge in [-0.25, -0.2) is 9.97 Å². The smallest absolute Gasteiger partial charge is 0.143 e. The molecule has 1 aliphatic carbocycles. The molecule has 3 atom stereocenters. The lowest BCUT2D eigenvalue weighted by Crippen LogP contribution is -2.28. The van der Waals surface area contributed by atoms with Gasteiger partial charge in [-0.1, -0.05) is 15.9 Å². The van der Waals surface area contributed by atoms with Crippen molar-refractivity contribution in [3.63, 3.8) is 0 Å². The van der Waals surface area contributed by atoms with Crippen LogP contribution in [0.25, 0.3) is 11.0 Å². The number of nitrogens with zero attached hydrogens (tertiary/aromatic N) is 3. The number of benzene rings is 1. The van der Waals surface area contributed by atoms with E-state index in [1.807, 2.05) is 13.0 Å². The van der Waals surface area contributed by atoms with Crippen molar-refractivity contribution in [1.82, 2.24) is 19.9 Å². The maximum Gasteiger partial charge on any atom is 0.143 e. The Kier molecular flexibility index (Phi) is 4.61. The predicted octanol–water partition coefficient (Wildman–Crippen LogP) is 3.29. The highest BCUT2D eigenvalue weighted by Gasteiger charge is 2.37. The Morgan fingerprint density at radius 3 is 3.07 bits per heavy atom. The van der Waals surface area contributed by atoms with E-state index in [2.05, 4.69) is 54.1 Å². The van der Waals surface area contributed by atoms with Gasteiger partial charge in [0, 0.05) is 40.6 Å². The van der Waals surface area contributed by atoms with Gasteiger partial charge in [0.2, 0.25) is 0 Å². The summed E-state index contributed by atoms with van der Waals surface area (Å²) in [5.74, 6) is 0.872. The third kappa shape index (κ3) is 3.11. The zero-order valence-corrected chi connectivity index (χ0v) is 17.3. The van der Waals surface area contributed by atoms with Crippen LogP contribution in [0.5, 0.6) is 5.75 Å². The zero-order chi connectivity index (χ0) is 19.3. The van der Waals surface area contributed by atoms with Crippen molar-refractivity contribution >= 4 is 27.0 Å². The molecule has 6 nitrogen and oxygen atoms in total. The van der Waals surface area contributed by atoms with Gasteiger partial charge in [-0.15, -0.1) is 0 Å². The molecule has 2 aliphatic rings. The van der Waals surface area contributed by atoms with E-state index in [9.17, 15) is 5.11 Å². The molecule has 28 heavy (non-hydrogen) atoms. The molecule has 1 saturated carbocycles. The van der Waals surface area contributed by atoms with Crippen LogP contribution in [0.15, 0.2) is 35.2 Å². The van der Waals surface area contributed by atoms with Crippen LogP contribution in [0.4, 0.5) is 0 Å². The summed E-state index contributed by atoms with van der Waals surface area (Å²) >= 11 is 3.60. The number of nitrogens with one attached hydrogen (secondary N) is 1. The highest BCUT2D eigenvalue weighted by atomic mass is 79.9. The number of aryl methyl sites for hydroxylation is 1. The molecule has 3 heterocycles. The van der Waals surface area contributed by atoms with Crippen LogP contribution >= 0.6 is 15.9 Å². The van der Waals surface area contributed by atoms with Crippen LogP contribution in [0, 0.1) is 6.92 Å². The van der Waals surface area contributed by atoms with Gasteiger partial charge in [0.05, 0.1) is 11.8 Å². The zero-order valence-electron chi connectivity index (χ0n) is 15.7. The molecule has 2 aromatic heterocycles. The SMILES string of the molecule is Cc1ncnc2c1ccn2C1CC(Oc2cc(Br)cc3c2CNCC3)[C@@H](O)C1. The number of rotatable bonds is 3. The minimum Gasteiger partial charge on any atom is -0.487 e. The van der Waals surface area contributed by atoms with Gasteiger partial charge in [-0.3, -0.25) is 0 Å². The molecule has 0 bridgehead atoms. The summed E-state index contributed by atoms with van der Waals surface area (Å²) in [6.45, 7) is 3.79. The minimum absolute atomic E-state index is 0.160. The summed E-state index contributed by atoms with van der Waals surface area (Å²) in [5.41, 5.74) is 4.42. The van der Waals surface area contributed by atoms with Crippen LogP contribution in [-0.2, 0) is 13.0 Å². The fourth-order valence-electron chi connectivity index (χ4n) is 4.49. The van der Waals surface area contributed by atoms with E-state index >= 15 is 0 Å². The van der Waals surface area contributed by atoms with Gasteiger partial charge in [-0.05, 0) is 50.1 Å².